The molecule has 5 nitrogen and oxygen atoms in total. The maximum absolute atomic E-state index is 12.7. The van der Waals surface area contributed by atoms with Crippen LogP contribution < -0.4 is 0 Å². The Kier molecular flexibility index (Phi) is 4.55. The molecular weight excluding hydrogens is 354 g/mol. The van der Waals surface area contributed by atoms with Crippen molar-refractivity contribution in [1.29, 1.82) is 0 Å². The Labute approximate surface area is 133 Å². The molecule has 0 aliphatic heterocycles. The highest BCUT2D eigenvalue weighted by Crippen LogP contribution is 2.23. The molecule has 0 amide bonds. The number of aryl methyl sites for hydroxylation is 2. The Morgan fingerprint density at radius 3 is 2.29 bits per heavy atom. The van der Waals surface area contributed by atoms with E-state index in [1.807, 2.05) is 24.3 Å². The van der Waals surface area contributed by atoms with Crippen LogP contribution in [0.15, 0.2) is 33.6 Å². The molecule has 1 heterocycles. The Hall–Kier alpha value is -1.18. The Bertz CT molecular complexity index is 751. The van der Waals surface area contributed by atoms with Gasteiger partial charge in [0.05, 0.1) is 11.4 Å². The highest BCUT2D eigenvalue weighted by molar-refractivity contribution is 9.10. The number of aromatic nitrogens is 2. The SMILES string of the molecule is Cc1nn(C)c(C)c1S(=O)(=O)N(C)Cc1ccc(Br)cc1. The summed E-state index contributed by atoms with van der Waals surface area (Å²) in [6.07, 6.45) is 0. The molecule has 1 aromatic carbocycles. The van der Waals surface area contributed by atoms with Gasteiger partial charge in [-0.3, -0.25) is 4.68 Å². The molecule has 0 aliphatic rings. The van der Waals surface area contributed by atoms with Crippen molar-refractivity contribution in [2.45, 2.75) is 25.3 Å². The van der Waals surface area contributed by atoms with Crippen LogP contribution >= 0.6 is 15.9 Å². The highest BCUT2D eigenvalue weighted by atomic mass is 79.9. The van der Waals surface area contributed by atoms with E-state index in [2.05, 4.69) is 21.0 Å². The first-order valence-corrected chi connectivity index (χ1v) is 8.67. The van der Waals surface area contributed by atoms with Gasteiger partial charge in [0.1, 0.15) is 4.90 Å². The molecule has 0 unspecified atom stereocenters. The van der Waals surface area contributed by atoms with Crippen LogP contribution in [0.5, 0.6) is 0 Å². The fourth-order valence-electron chi connectivity index (χ4n) is 2.22. The normalized spacial score (nSPS) is 12.1. The van der Waals surface area contributed by atoms with Gasteiger partial charge in [0.15, 0.2) is 0 Å². The molecule has 0 spiro atoms. The summed E-state index contributed by atoms with van der Waals surface area (Å²) in [6, 6.07) is 7.60. The lowest BCUT2D eigenvalue weighted by molar-refractivity contribution is 0.465. The predicted octanol–water partition coefficient (Wildman–Crippen LogP) is 2.62. The third-order valence-electron chi connectivity index (χ3n) is 3.43. The van der Waals surface area contributed by atoms with Gasteiger partial charge in [-0.1, -0.05) is 28.1 Å². The van der Waals surface area contributed by atoms with Gasteiger partial charge in [-0.25, -0.2) is 8.42 Å². The molecule has 2 rings (SSSR count). The number of rotatable bonds is 4. The topological polar surface area (TPSA) is 55.2 Å². The van der Waals surface area contributed by atoms with Crippen molar-refractivity contribution in [3.8, 4) is 0 Å². The van der Waals surface area contributed by atoms with E-state index in [0.717, 1.165) is 10.0 Å². The van der Waals surface area contributed by atoms with Crippen LogP contribution in [0.1, 0.15) is 17.0 Å². The van der Waals surface area contributed by atoms with E-state index in [1.165, 1.54) is 4.31 Å². The Morgan fingerprint density at radius 1 is 1.24 bits per heavy atom. The van der Waals surface area contributed by atoms with Crippen LogP contribution in [0.2, 0.25) is 0 Å². The van der Waals surface area contributed by atoms with Gasteiger partial charge in [-0.15, -0.1) is 0 Å². The van der Waals surface area contributed by atoms with Gasteiger partial charge in [0.2, 0.25) is 10.0 Å². The largest absolute Gasteiger partial charge is 0.271 e. The monoisotopic (exact) mass is 371 g/mol. The van der Waals surface area contributed by atoms with Crippen LogP contribution in [-0.2, 0) is 23.6 Å². The minimum Gasteiger partial charge on any atom is -0.271 e. The second-order valence-corrected chi connectivity index (χ2v) is 7.91. The molecule has 7 heteroatoms. The maximum atomic E-state index is 12.7. The summed E-state index contributed by atoms with van der Waals surface area (Å²) in [5.74, 6) is 0. The van der Waals surface area contributed by atoms with Crippen LogP contribution in [0.4, 0.5) is 0 Å². The van der Waals surface area contributed by atoms with Crippen molar-refractivity contribution in [3.05, 3.63) is 45.7 Å². The lowest BCUT2D eigenvalue weighted by atomic mass is 10.2. The number of hydrogen-bond donors (Lipinski definition) is 0. The van der Waals surface area contributed by atoms with Gasteiger partial charge in [0.25, 0.3) is 0 Å². The molecule has 0 radical (unpaired) electrons. The number of hydrogen-bond acceptors (Lipinski definition) is 3. The van der Waals surface area contributed by atoms with Gasteiger partial charge >= 0.3 is 0 Å². The molecule has 0 fully saturated rings. The van der Waals surface area contributed by atoms with E-state index >= 15 is 0 Å². The fourth-order valence-corrected chi connectivity index (χ4v) is 4.03. The third-order valence-corrected chi connectivity index (χ3v) is 6.01. The average Bonchev–Trinajstić information content (AvgIpc) is 2.66. The van der Waals surface area contributed by atoms with E-state index in [9.17, 15) is 8.42 Å². The molecule has 21 heavy (non-hydrogen) atoms. The Morgan fingerprint density at radius 2 is 1.81 bits per heavy atom. The molecule has 0 N–H and O–H groups in total. The summed E-state index contributed by atoms with van der Waals surface area (Å²) in [5, 5.41) is 4.18. The van der Waals surface area contributed by atoms with E-state index < -0.39 is 10.0 Å². The zero-order valence-electron chi connectivity index (χ0n) is 12.5. The summed E-state index contributed by atoms with van der Waals surface area (Å²) in [6.45, 7) is 3.80. The smallest absolute Gasteiger partial charge is 0.246 e. The molecular formula is C14H18BrN3O2S. The van der Waals surface area contributed by atoms with Crippen molar-refractivity contribution < 1.29 is 8.42 Å². The lowest BCUT2D eigenvalue weighted by Crippen LogP contribution is -2.27. The van der Waals surface area contributed by atoms with E-state index in [4.69, 9.17) is 0 Å². The zero-order chi connectivity index (χ0) is 15.8. The quantitative estimate of drug-likeness (QED) is 0.829. The number of halogens is 1. The molecule has 1 aromatic heterocycles. The van der Waals surface area contributed by atoms with Crippen LogP contribution in [0.25, 0.3) is 0 Å². The number of sulfonamides is 1. The second kappa shape index (κ2) is 5.90. The van der Waals surface area contributed by atoms with Gasteiger partial charge in [-0.05, 0) is 31.5 Å². The van der Waals surface area contributed by atoms with Gasteiger partial charge in [0, 0.05) is 25.1 Å². The first-order chi connectivity index (χ1) is 9.73. The van der Waals surface area contributed by atoms with E-state index in [-0.39, 0.29) is 0 Å². The average molecular weight is 372 g/mol. The molecule has 114 valence electrons. The van der Waals surface area contributed by atoms with Crippen molar-refractivity contribution in [3.63, 3.8) is 0 Å². The summed E-state index contributed by atoms with van der Waals surface area (Å²) in [7, 11) is -0.217. The van der Waals surface area contributed by atoms with Crippen molar-refractivity contribution in [2.75, 3.05) is 7.05 Å². The van der Waals surface area contributed by atoms with E-state index in [0.29, 0.717) is 22.8 Å². The van der Waals surface area contributed by atoms with Gasteiger partial charge in [-0.2, -0.15) is 9.40 Å². The fraction of sp³-hybridized carbons (Fsp3) is 0.357. The van der Waals surface area contributed by atoms with Crippen LogP contribution in [0, 0.1) is 13.8 Å². The number of nitrogens with zero attached hydrogens (tertiary/aromatic N) is 3. The van der Waals surface area contributed by atoms with Crippen molar-refractivity contribution >= 4 is 26.0 Å². The third kappa shape index (κ3) is 3.20. The zero-order valence-corrected chi connectivity index (χ0v) is 14.9. The number of benzene rings is 1. The standard InChI is InChI=1S/C14H18BrN3O2S/c1-10-14(11(2)18(4)16-10)21(19,20)17(3)9-12-5-7-13(15)8-6-12/h5-8H,9H2,1-4H3. The minimum absolute atomic E-state index is 0.296. The van der Waals surface area contributed by atoms with Gasteiger partial charge < -0.3 is 0 Å². The van der Waals surface area contributed by atoms with E-state index in [1.54, 1.807) is 32.6 Å². The summed E-state index contributed by atoms with van der Waals surface area (Å²) < 4.78 is 29.4. The molecule has 0 aliphatic carbocycles. The van der Waals surface area contributed by atoms with Crippen LogP contribution in [-0.4, -0.2) is 29.6 Å². The lowest BCUT2D eigenvalue weighted by Gasteiger charge is -2.17. The molecule has 2 aromatic rings. The molecule has 0 bridgehead atoms. The first kappa shape index (κ1) is 16.2. The first-order valence-electron chi connectivity index (χ1n) is 6.44. The summed E-state index contributed by atoms with van der Waals surface area (Å²) in [5.41, 5.74) is 2.11. The molecule has 0 saturated heterocycles. The summed E-state index contributed by atoms with van der Waals surface area (Å²) >= 11 is 3.37. The Balaban J connectivity index is 2.32. The minimum atomic E-state index is -3.55. The van der Waals surface area contributed by atoms with Crippen molar-refractivity contribution in [2.24, 2.45) is 7.05 Å². The van der Waals surface area contributed by atoms with Crippen LogP contribution in [0.3, 0.4) is 0 Å². The maximum Gasteiger partial charge on any atom is 0.246 e. The van der Waals surface area contributed by atoms with Crippen molar-refractivity contribution in [1.82, 2.24) is 14.1 Å². The molecule has 0 saturated carbocycles. The molecule has 0 atom stereocenters. The summed E-state index contributed by atoms with van der Waals surface area (Å²) in [4.78, 5) is 0.296. The highest BCUT2D eigenvalue weighted by Gasteiger charge is 2.28. The second-order valence-electron chi connectivity index (χ2n) is 5.01. The predicted molar refractivity (Wildman–Crippen MR) is 85.5 cm³/mol.